The predicted molar refractivity (Wildman–Crippen MR) is 146 cm³/mol. The van der Waals surface area contributed by atoms with E-state index in [-0.39, 0.29) is 42.1 Å². The van der Waals surface area contributed by atoms with E-state index in [0.29, 0.717) is 11.3 Å². The lowest BCUT2D eigenvalue weighted by Gasteiger charge is -2.09. The molecular formula is C30H25F2N3O3S. The molecule has 0 radical (unpaired) electrons. The number of nitrogens with zero attached hydrogens (tertiary/aromatic N) is 3. The molecule has 5 aromatic rings. The molecule has 5 rings (SSSR count). The number of halogens is 2. The lowest BCUT2D eigenvalue weighted by atomic mass is 10.0. The summed E-state index contributed by atoms with van der Waals surface area (Å²) in [7, 11) is 0. The second-order valence-electron chi connectivity index (χ2n) is 9.20. The van der Waals surface area contributed by atoms with Crippen LogP contribution in [0.4, 0.5) is 8.78 Å². The van der Waals surface area contributed by atoms with Crippen molar-refractivity contribution in [1.82, 2.24) is 14.5 Å². The van der Waals surface area contributed by atoms with Gasteiger partial charge < -0.3 is 9.30 Å². The average molecular weight is 546 g/mol. The lowest BCUT2D eigenvalue weighted by Crippen LogP contribution is -2.13. The SMILES string of the molecule is CCCn1cnc(-c2cc3nccc(Oc4ccc(CC(=O)CC(=O)Cc5ccccc5F)cc4F)c3s2)c1. The Bertz CT molecular complexity index is 1660. The minimum Gasteiger partial charge on any atom is -0.453 e. The number of pyridine rings is 1. The van der Waals surface area contributed by atoms with Crippen LogP contribution in [0.1, 0.15) is 30.9 Å². The van der Waals surface area contributed by atoms with Crippen molar-refractivity contribution in [3.8, 4) is 22.1 Å². The van der Waals surface area contributed by atoms with Gasteiger partial charge in [-0.05, 0) is 41.8 Å². The second-order valence-corrected chi connectivity index (χ2v) is 10.2. The molecule has 6 nitrogen and oxygen atoms in total. The normalized spacial score (nSPS) is 11.2. The summed E-state index contributed by atoms with van der Waals surface area (Å²) in [6.07, 6.45) is 5.78. The first-order chi connectivity index (χ1) is 18.9. The van der Waals surface area contributed by atoms with Crippen LogP contribution in [-0.4, -0.2) is 26.1 Å². The van der Waals surface area contributed by atoms with Crippen molar-refractivity contribution in [3.05, 3.63) is 96.1 Å². The number of aryl methyl sites for hydroxylation is 1. The highest BCUT2D eigenvalue weighted by Crippen LogP contribution is 2.39. The molecule has 0 bridgehead atoms. The Kier molecular flexibility index (Phi) is 7.88. The quantitative estimate of drug-likeness (QED) is 0.168. The number of aromatic nitrogens is 3. The first-order valence-corrected chi connectivity index (χ1v) is 13.3. The smallest absolute Gasteiger partial charge is 0.166 e. The van der Waals surface area contributed by atoms with Crippen molar-refractivity contribution >= 4 is 33.1 Å². The number of benzene rings is 2. The van der Waals surface area contributed by atoms with Crippen molar-refractivity contribution in [2.24, 2.45) is 0 Å². The molecule has 0 unspecified atom stereocenters. The van der Waals surface area contributed by atoms with E-state index in [9.17, 15) is 18.4 Å². The van der Waals surface area contributed by atoms with Gasteiger partial charge in [-0.2, -0.15) is 0 Å². The number of thiophene rings is 1. The molecule has 0 fully saturated rings. The van der Waals surface area contributed by atoms with E-state index in [4.69, 9.17) is 4.74 Å². The molecule has 0 N–H and O–H groups in total. The molecule has 0 saturated heterocycles. The summed E-state index contributed by atoms with van der Waals surface area (Å²) in [5.41, 5.74) is 2.23. The van der Waals surface area contributed by atoms with Crippen LogP contribution in [0.5, 0.6) is 11.5 Å². The molecule has 3 aromatic heterocycles. The molecule has 0 amide bonds. The highest BCUT2D eigenvalue weighted by molar-refractivity contribution is 7.22. The zero-order valence-corrected chi connectivity index (χ0v) is 22.0. The standard InChI is InChI=1S/C30H25F2N3O3S/c1-2-11-35-17-26(34-18-35)29-16-25-30(39-29)28(9-10-33-25)38-27-8-7-19(13-24(27)32)12-21(36)15-22(37)14-20-5-3-4-6-23(20)31/h3-10,13,16-18H,2,11-12,14-15H2,1H3. The van der Waals surface area contributed by atoms with Gasteiger partial charge in [-0.1, -0.05) is 31.2 Å². The number of hydrogen-bond donors (Lipinski definition) is 0. The molecule has 39 heavy (non-hydrogen) atoms. The van der Waals surface area contributed by atoms with E-state index in [2.05, 4.69) is 16.9 Å². The van der Waals surface area contributed by atoms with Crippen LogP contribution in [0.25, 0.3) is 20.8 Å². The van der Waals surface area contributed by atoms with Crippen LogP contribution in [0, 0.1) is 11.6 Å². The Morgan fingerprint density at radius 1 is 0.949 bits per heavy atom. The number of rotatable bonds is 11. The first-order valence-electron chi connectivity index (χ1n) is 12.5. The number of fused-ring (bicyclic) bond motifs is 1. The van der Waals surface area contributed by atoms with E-state index in [0.717, 1.165) is 33.8 Å². The lowest BCUT2D eigenvalue weighted by molar-refractivity contribution is -0.126. The van der Waals surface area contributed by atoms with E-state index < -0.39 is 11.6 Å². The van der Waals surface area contributed by atoms with Crippen LogP contribution in [0.3, 0.4) is 0 Å². The maximum atomic E-state index is 15.0. The Hall–Kier alpha value is -4.24. The maximum Gasteiger partial charge on any atom is 0.166 e. The fourth-order valence-electron chi connectivity index (χ4n) is 4.27. The molecular weight excluding hydrogens is 520 g/mol. The number of carbonyl (C=O) groups is 2. The van der Waals surface area contributed by atoms with Crippen molar-refractivity contribution in [2.45, 2.75) is 39.2 Å². The maximum absolute atomic E-state index is 15.0. The van der Waals surface area contributed by atoms with E-state index in [1.807, 2.05) is 16.8 Å². The Morgan fingerprint density at radius 3 is 2.56 bits per heavy atom. The minimum absolute atomic E-state index is 0.0106. The fourth-order valence-corrected chi connectivity index (χ4v) is 5.30. The van der Waals surface area contributed by atoms with Gasteiger partial charge in [0, 0.05) is 37.8 Å². The summed E-state index contributed by atoms with van der Waals surface area (Å²) >= 11 is 1.47. The van der Waals surface area contributed by atoms with Crippen molar-refractivity contribution in [3.63, 3.8) is 0 Å². The zero-order chi connectivity index (χ0) is 27.4. The topological polar surface area (TPSA) is 74.1 Å². The van der Waals surface area contributed by atoms with E-state index in [1.165, 1.54) is 41.7 Å². The molecule has 198 valence electrons. The van der Waals surface area contributed by atoms with Crippen LogP contribution in [0.2, 0.25) is 0 Å². The Balaban J connectivity index is 1.26. The zero-order valence-electron chi connectivity index (χ0n) is 21.2. The summed E-state index contributed by atoms with van der Waals surface area (Å²) < 4.78 is 37.4. The van der Waals surface area contributed by atoms with Gasteiger partial charge in [0.25, 0.3) is 0 Å². The van der Waals surface area contributed by atoms with Gasteiger partial charge in [0.15, 0.2) is 11.6 Å². The largest absolute Gasteiger partial charge is 0.453 e. The van der Waals surface area contributed by atoms with Gasteiger partial charge in [0.05, 0.1) is 33.5 Å². The molecule has 9 heteroatoms. The molecule has 0 aliphatic carbocycles. The number of imidazole rings is 1. The van der Waals surface area contributed by atoms with Gasteiger partial charge in [-0.15, -0.1) is 11.3 Å². The molecule has 0 saturated carbocycles. The number of Topliss-reactive ketones (excluding diaryl/α,β-unsaturated/α-hetero) is 2. The van der Waals surface area contributed by atoms with Gasteiger partial charge in [0.1, 0.15) is 23.1 Å². The van der Waals surface area contributed by atoms with Crippen molar-refractivity contribution < 1.29 is 23.1 Å². The minimum atomic E-state index is -0.627. The number of carbonyl (C=O) groups excluding carboxylic acids is 2. The molecule has 0 atom stereocenters. The monoisotopic (exact) mass is 545 g/mol. The molecule has 0 spiro atoms. The van der Waals surface area contributed by atoms with Gasteiger partial charge in [-0.3, -0.25) is 14.6 Å². The summed E-state index contributed by atoms with van der Waals surface area (Å²) in [5, 5.41) is 0. The van der Waals surface area contributed by atoms with Gasteiger partial charge in [0.2, 0.25) is 0 Å². The van der Waals surface area contributed by atoms with Crippen LogP contribution < -0.4 is 4.74 Å². The van der Waals surface area contributed by atoms with Crippen molar-refractivity contribution in [1.29, 1.82) is 0 Å². The van der Waals surface area contributed by atoms with Gasteiger partial charge >= 0.3 is 0 Å². The summed E-state index contributed by atoms with van der Waals surface area (Å²) in [6, 6.07) is 13.9. The Labute approximate surface area is 227 Å². The Morgan fingerprint density at radius 2 is 1.77 bits per heavy atom. The average Bonchev–Trinajstić information content (AvgIpc) is 3.55. The predicted octanol–water partition coefficient (Wildman–Crippen LogP) is 6.95. The highest BCUT2D eigenvalue weighted by atomic mass is 32.1. The van der Waals surface area contributed by atoms with Crippen LogP contribution in [-0.2, 0) is 29.0 Å². The van der Waals surface area contributed by atoms with Crippen molar-refractivity contribution in [2.75, 3.05) is 0 Å². The third-order valence-corrected chi connectivity index (χ3v) is 7.26. The van der Waals surface area contributed by atoms with Crippen LogP contribution >= 0.6 is 11.3 Å². The summed E-state index contributed by atoms with van der Waals surface area (Å²) in [4.78, 5) is 34.5. The molecule has 2 aromatic carbocycles. The molecule has 0 aliphatic rings. The fraction of sp³-hybridized carbons (Fsp3) is 0.200. The van der Waals surface area contributed by atoms with Crippen LogP contribution in [0.15, 0.2) is 73.3 Å². The first kappa shape index (κ1) is 26.4. The number of hydrogen-bond acceptors (Lipinski definition) is 6. The third kappa shape index (κ3) is 6.26. The van der Waals surface area contributed by atoms with Gasteiger partial charge in [-0.25, -0.2) is 13.8 Å². The molecule has 3 heterocycles. The third-order valence-electron chi connectivity index (χ3n) is 6.10. The summed E-state index contributed by atoms with van der Waals surface area (Å²) in [6.45, 7) is 2.99. The second kappa shape index (κ2) is 11.7. The van der Waals surface area contributed by atoms with E-state index in [1.54, 1.807) is 30.7 Å². The number of ketones is 2. The molecule has 0 aliphatic heterocycles. The summed E-state index contributed by atoms with van der Waals surface area (Å²) in [5.74, 6) is -1.39. The van der Waals surface area contributed by atoms with E-state index >= 15 is 0 Å². The number of ether oxygens (including phenoxy) is 1. The highest BCUT2D eigenvalue weighted by Gasteiger charge is 2.16.